The molecule has 11 heteroatoms. The third kappa shape index (κ3) is 3.01. The van der Waals surface area contributed by atoms with E-state index in [2.05, 4.69) is 20.5 Å². The molecule has 1 saturated heterocycles. The Morgan fingerprint density at radius 3 is 2.73 bits per heavy atom. The van der Waals surface area contributed by atoms with Crippen LogP contribution in [0.5, 0.6) is 0 Å². The third-order valence-corrected chi connectivity index (χ3v) is 5.01. The number of aromatic nitrogens is 2. The van der Waals surface area contributed by atoms with Gasteiger partial charge in [-0.2, -0.15) is 10.1 Å². The second kappa shape index (κ2) is 6.99. The summed E-state index contributed by atoms with van der Waals surface area (Å²) in [6.07, 6.45) is 0. The summed E-state index contributed by atoms with van der Waals surface area (Å²) in [6.45, 7) is -0.0196. The van der Waals surface area contributed by atoms with Gasteiger partial charge >= 0.3 is 0 Å². The lowest BCUT2D eigenvalue weighted by molar-refractivity contribution is -0.123. The highest BCUT2D eigenvalue weighted by Crippen LogP contribution is 2.33. The number of anilines is 1. The van der Waals surface area contributed by atoms with Crippen molar-refractivity contribution in [2.45, 2.75) is 18.6 Å². The molecule has 3 aromatic rings. The SMILES string of the molecule is O=C1[C@H]2N=NN(Cc3nc(-c4cccc(Cl)c4)no3)[C@H]2C(=O)N1c1cccc(F)c1. The normalized spacial score (nSPS) is 20.3. The molecule has 0 radical (unpaired) electrons. The number of hydrogen-bond acceptors (Lipinski definition) is 8. The maximum absolute atomic E-state index is 13.6. The Hall–Kier alpha value is -3.66. The van der Waals surface area contributed by atoms with Crippen LogP contribution in [0.2, 0.25) is 5.02 Å². The molecule has 150 valence electrons. The van der Waals surface area contributed by atoms with Gasteiger partial charge in [-0.1, -0.05) is 40.2 Å². The fourth-order valence-corrected chi connectivity index (χ4v) is 3.62. The molecule has 0 unspecified atom stereocenters. The van der Waals surface area contributed by atoms with E-state index in [1.54, 1.807) is 24.3 Å². The van der Waals surface area contributed by atoms with Gasteiger partial charge in [0, 0.05) is 10.6 Å². The van der Waals surface area contributed by atoms with Gasteiger partial charge in [0.15, 0.2) is 12.1 Å². The number of amides is 2. The maximum atomic E-state index is 13.6. The first-order valence-corrected chi connectivity index (χ1v) is 9.28. The minimum Gasteiger partial charge on any atom is -0.337 e. The number of hydrogen-bond donors (Lipinski definition) is 0. The summed E-state index contributed by atoms with van der Waals surface area (Å²) in [5.41, 5.74) is 0.818. The lowest BCUT2D eigenvalue weighted by Crippen LogP contribution is -2.39. The summed E-state index contributed by atoms with van der Waals surface area (Å²) < 4.78 is 18.8. The number of halogens is 2. The number of carbonyl (C=O) groups excluding carboxylic acids is 2. The van der Waals surface area contributed by atoms with Crippen LogP contribution in [0, 0.1) is 5.82 Å². The zero-order chi connectivity index (χ0) is 20.8. The molecular weight excluding hydrogens is 415 g/mol. The van der Waals surface area contributed by atoms with Gasteiger partial charge in [0.1, 0.15) is 12.4 Å². The van der Waals surface area contributed by atoms with Crippen LogP contribution in [0.4, 0.5) is 10.1 Å². The molecule has 2 atom stereocenters. The average molecular weight is 427 g/mol. The molecule has 1 fully saturated rings. The van der Waals surface area contributed by atoms with E-state index in [4.69, 9.17) is 16.1 Å². The summed E-state index contributed by atoms with van der Waals surface area (Å²) in [4.78, 5) is 30.8. The molecule has 0 aliphatic carbocycles. The average Bonchev–Trinajstić information content (AvgIpc) is 3.41. The molecular formula is C19H12ClFN6O3. The lowest BCUT2D eigenvalue weighted by Gasteiger charge is -2.19. The summed E-state index contributed by atoms with van der Waals surface area (Å²) in [7, 11) is 0. The molecule has 9 nitrogen and oxygen atoms in total. The van der Waals surface area contributed by atoms with Crippen molar-refractivity contribution in [2.24, 2.45) is 10.3 Å². The first-order valence-electron chi connectivity index (χ1n) is 8.90. The van der Waals surface area contributed by atoms with Gasteiger partial charge in [0.25, 0.3) is 11.8 Å². The van der Waals surface area contributed by atoms with Crippen molar-refractivity contribution in [1.29, 1.82) is 0 Å². The minimum absolute atomic E-state index is 0.0196. The van der Waals surface area contributed by atoms with E-state index in [0.717, 1.165) is 11.0 Å². The van der Waals surface area contributed by atoms with Crippen molar-refractivity contribution in [3.8, 4) is 11.4 Å². The molecule has 5 rings (SSSR count). The molecule has 0 bridgehead atoms. The van der Waals surface area contributed by atoms with Crippen molar-refractivity contribution in [2.75, 3.05) is 4.90 Å². The van der Waals surface area contributed by atoms with Gasteiger partial charge < -0.3 is 4.52 Å². The van der Waals surface area contributed by atoms with Crippen LogP contribution in [0.15, 0.2) is 63.4 Å². The first-order chi connectivity index (χ1) is 14.5. The molecule has 0 saturated carbocycles. The van der Waals surface area contributed by atoms with Gasteiger partial charge in [-0.25, -0.2) is 9.29 Å². The number of carbonyl (C=O) groups is 2. The van der Waals surface area contributed by atoms with E-state index in [-0.39, 0.29) is 18.1 Å². The number of nitrogens with zero attached hydrogens (tertiary/aromatic N) is 6. The Labute approximate surface area is 173 Å². The highest BCUT2D eigenvalue weighted by Gasteiger charge is 2.55. The van der Waals surface area contributed by atoms with Crippen LogP contribution < -0.4 is 4.90 Å². The van der Waals surface area contributed by atoms with Crippen molar-refractivity contribution < 1.29 is 18.5 Å². The minimum atomic E-state index is -1.00. The van der Waals surface area contributed by atoms with Crippen molar-refractivity contribution in [3.63, 3.8) is 0 Å². The molecule has 0 N–H and O–H groups in total. The lowest BCUT2D eigenvalue weighted by atomic mass is 10.1. The van der Waals surface area contributed by atoms with Gasteiger partial charge in [-0.05, 0) is 30.3 Å². The molecule has 0 spiro atoms. The van der Waals surface area contributed by atoms with Crippen LogP contribution >= 0.6 is 11.6 Å². The van der Waals surface area contributed by atoms with Gasteiger partial charge in [0.2, 0.25) is 11.7 Å². The highest BCUT2D eigenvalue weighted by molar-refractivity contribution is 6.30. The fraction of sp³-hybridized carbons (Fsp3) is 0.158. The quantitative estimate of drug-likeness (QED) is 0.594. The zero-order valence-corrected chi connectivity index (χ0v) is 15.9. The van der Waals surface area contributed by atoms with Crippen LogP contribution in [0.25, 0.3) is 11.4 Å². The fourth-order valence-electron chi connectivity index (χ4n) is 3.43. The van der Waals surface area contributed by atoms with Crippen LogP contribution in [0.3, 0.4) is 0 Å². The monoisotopic (exact) mass is 426 g/mol. The van der Waals surface area contributed by atoms with E-state index in [1.165, 1.54) is 23.2 Å². The van der Waals surface area contributed by atoms with E-state index >= 15 is 0 Å². The van der Waals surface area contributed by atoms with Gasteiger partial charge in [0.05, 0.1) is 5.69 Å². The largest absolute Gasteiger partial charge is 0.337 e. The Balaban J connectivity index is 1.37. The van der Waals surface area contributed by atoms with E-state index in [9.17, 15) is 14.0 Å². The van der Waals surface area contributed by atoms with Crippen molar-refractivity contribution in [3.05, 3.63) is 65.3 Å². The topological polar surface area (TPSA) is 104 Å². The van der Waals surface area contributed by atoms with Crippen LogP contribution in [0.1, 0.15) is 5.89 Å². The molecule has 2 aromatic carbocycles. The molecule has 2 amide bonds. The van der Waals surface area contributed by atoms with E-state index in [1.807, 2.05) is 0 Å². The van der Waals surface area contributed by atoms with E-state index < -0.39 is 29.7 Å². The Kier molecular flexibility index (Phi) is 4.28. The number of imide groups is 1. The molecule has 2 aliphatic rings. The molecule has 3 heterocycles. The summed E-state index contributed by atoms with van der Waals surface area (Å²) >= 11 is 5.98. The molecule has 30 heavy (non-hydrogen) atoms. The van der Waals surface area contributed by atoms with Crippen molar-refractivity contribution in [1.82, 2.24) is 15.1 Å². The smallest absolute Gasteiger partial charge is 0.263 e. The van der Waals surface area contributed by atoms with Gasteiger partial charge in [-0.15, -0.1) is 0 Å². The maximum Gasteiger partial charge on any atom is 0.263 e. The van der Waals surface area contributed by atoms with Crippen molar-refractivity contribution >= 4 is 29.1 Å². The predicted molar refractivity (Wildman–Crippen MR) is 102 cm³/mol. The number of fused-ring (bicyclic) bond motifs is 1. The van der Waals surface area contributed by atoms with Crippen LogP contribution in [-0.4, -0.2) is 39.0 Å². The summed E-state index contributed by atoms with van der Waals surface area (Å²) in [5, 5.41) is 13.6. The van der Waals surface area contributed by atoms with Crippen LogP contribution in [-0.2, 0) is 16.1 Å². The second-order valence-corrected chi connectivity index (χ2v) is 7.14. The standard InChI is InChI=1S/C19H12ClFN6O3/c20-11-4-1-3-10(7-11)17-22-14(30-24-17)9-26-16-15(23-25-26)18(28)27(19(16)29)13-6-2-5-12(21)8-13/h1-8,15-16H,9H2/t15-,16+/m0/s1. The predicted octanol–water partition coefficient (Wildman–Crippen LogP) is 3.02. The number of benzene rings is 2. The zero-order valence-electron chi connectivity index (χ0n) is 15.1. The second-order valence-electron chi connectivity index (χ2n) is 6.71. The first kappa shape index (κ1) is 18.4. The Morgan fingerprint density at radius 1 is 1.10 bits per heavy atom. The summed E-state index contributed by atoms with van der Waals surface area (Å²) in [6, 6.07) is 10.3. The van der Waals surface area contributed by atoms with Gasteiger partial charge in [-0.3, -0.25) is 14.6 Å². The number of rotatable bonds is 4. The highest BCUT2D eigenvalue weighted by atomic mass is 35.5. The Morgan fingerprint density at radius 2 is 1.93 bits per heavy atom. The summed E-state index contributed by atoms with van der Waals surface area (Å²) in [5.74, 6) is -1.14. The Bertz CT molecular complexity index is 1200. The van der Waals surface area contributed by atoms with E-state index in [0.29, 0.717) is 16.4 Å². The molecule has 1 aromatic heterocycles. The third-order valence-electron chi connectivity index (χ3n) is 4.77. The molecule has 2 aliphatic heterocycles.